The topological polar surface area (TPSA) is 284 Å². The molecule has 0 aromatic heterocycles. The first-order valence-corrected chi connectivity index (χ1v) is 10.4. The van der Waals surface area contributed by atoms with Gasteiger partial charge in [-0.1, -0.05) is 0 Å². The van der Waals surface area contributed by atoms with Crippen LogP contribution in [0.15, 0.2) is 4.99 Å². The maximum Gasteiger partial charge on any atom is 0.326 e. The number of nitrogens with zero attached hydrogens (tertiary/aromatic N) is 1. The molecule has 188 valence electrons. The Bertz CT molecular complexity index is 712. The first-order chi connectivity index (χ1) is 15.5. The molecule has 0 heterocycles. The molecule has 0 aromatic carbocycles. The monoisotopic (exact) mass is 473 g/mol. The number of guanidine groups is 1. The summed E-state index contributed by atoms with van der Waals surface area (Å²) < 4.78 is 0. The first-order valence-electron chi connectivity index (χ1n) is 10.4. The van der Waals surface area contributed by atoms with Gasteiger partial charge in [0.25, 0.3) is 0 Å². The van der Waals surface area contributed by atoms with E-state index in [2.05, 4.69) is 20.9 Å². The lowest BCUT2D eigenvalue weighted by atomic mass is 10.1. The molecule has 15 heteroatoms. The van der Waals surface area contributed by atoms with Crippen molar-refractivity contribution in [2.75, 3.05) is 19.6 Å². The number of carbonyl (C=O) groups excluding carboxylic acids is 4. The largest absolute Gasteiger partial charge is 0.480 e. The van der Waals surface area contributed by atoms with E-state index in [1.54, 1.807) is 0 Å². The third-order valence-electron chi connectivity index (χ3n) is 4.35. The number of carboxylic acid groups (broad SMARTS) is 1. The predicted octanol–water partition coefficient (Wildman–Crippen LogP) is -4.46. The zero-order chi connectivity index (χ0) is 25.4. The van der Waals surface area contributed by atoms with Crippen molar-refractivity contribution in [3.8, 4) is 0 Å². The molecule has 3 unspecified atom stereocenters. The fourth-order valence-corrected chi connectivity index (χ4v) is 2.63. The number of primary amides is 1. The Balaban J connectivity index is 4.77. The van der Waals surface area contributed by atoms with Crippen LogP contribution >= 0.6 is 0 Å². The molecule has 0 fully saturated rings. The molecule has 3 atom stereocenters. The van der Waals surface area contributed by atoms with Gasteiger partial charge in [0.1, 0.15) is 12.1 Å². The normalized spacial score (nSPS) is 13.2. The van der Waals surface area contributed by atoms with Gasteiger partial charge in [0, 0.05) is 6.54 Å². The summed E-state index contributed by atoms with van der Waals surface area (Å²) >= 11 is 0. The highest BCUT2D eigenvalue weighted by Crippen LogP contribution is 2.03. The van der Waals surface area contributed by atoms with Gasteiger partial charge in [-0.15, -0.1) is 0 Å². The van der Waals surface area contributed by atoms with Crippen LogP contribution in [-0.4, -0.2) is 78.4 Å². The van der Waals surface area contributed by atoms with Crippen molar-refractivity contribution in [2.45, 2.75) is 56.7 Å². The minimum atomic E-state index is -1.42. The number of nitrogens with one attached hydrogen (secondary N) is 3. The maximum absolute atomic E-state index is 12.4. The number of unbranched alkanes of at least 4 members (excludes halogenated alkanes) is 1. The number of aliphatic imine (C=N–C) groups is 1. The number of nitrogens with two attached hydrogens (primary N) is 5. The van der Waals surface area contributed by atoms with Crippen molar-refractivity contribution in [1.29, 1.82) is 0 Å². The molecule has 0 bridgehead atoms. The number of rotatable bonds is 17. The molecule has 0 aliphatic carbocycles. The molecule has 0 saturated carbocycles. The van der Waals surface area contributed by atoms with Crippen LogP contribution in [0.1, 0.15) is 38.5 Å². The lowest BCUT2D eigenvalue weighted by Crippen LogP contribution is -2.54. The van der Waals surface area contributed by atoms with Crippen LogP contribution in [0.5, 0.6) is 0 Å². The Kier molecular flexibility index (Phi) is 14.5. The lowest BCUT2D eigenvalue weighted by molar-refractivity contribution is -0.142. The molecular formula is C18H35N9O6. The average molecular weight is 474 g/mol. The molecule has 0 saturated heterocycles. The molecule has 0 aliphatic heterocycles. The van der Waals surface area contributed by atoms with Gasteiger partial charge in [0.2, 0.25) is 23.6 Å². The number of aliphatic carboxylic acids is 1. The number of hydrogen-bond donors (Lipinski definition) is 9. The van der Waals surface area contributed by atoms with Gasteiger partial charge in [-0.05, 0) is 38.6 Å². The highest BCUT2D eigenvalue weighted by molar-refractivity contribution is 5.94. The van der Waals surface area contributed by atoms with Crippen LogP contribution in [0.3, 0.4) is 0 Å². The lowest BCUT2D eigenvalue weighted by Gasteiger charge is -2.21. The van der Waals surface area contributed by atoms with E-state index in [0.29, 0.717) is 25.8 Å². The third kappa shape index (κ3) is 14.3. The van der Waals surface area contributed by atoms with Gasteiger partial charge < -0.3 is 49.7 Å². The summed E-state index contributed by atoms with van der Waals surface area (Å²) in [4.78, 5) is 63.0. The Morgan fingerprint density at radius 3 is 2.09 bits per heavy atom. The first kappa shape index (κ1) is 29.5. The third-order valence-corrected chi connectivity index (χ3v) is 4.35. The van der Waals surface area contributed by atoms with Crippen molar-refractivity contribution < 1.29 is 29.1 Å². The van der Waals surface area contributed by atoms with E-state index >= 15 is 0 Å². The molecule has 4 amide bonds. The fraction of sp³-hybridized carbons (Fsp3) is 0.667. The van der Waals surface area contributed by atoms with E-state index < -0.39 is 60.7 Å². The number of amides is 4. The van der Waals surface area contributed by atoms with Gasteiger partial charge in [-0.2, -0.15) is 0 Å². The molecule has 0 aromatic rings. The van der Waals surface area contributed by atoms with E-state index in [1.807, 2.05) is 0 Å². The standard InChI is InChI=1S/C18H35N9O6/c19-6-2-1-5-11(17(32)33)27-16(31)12(8-13(21)28)26-14(29)9-25-15(30)10(20)4-3-7-24-18(22)23/h10-12H,1-9,19-20H2,(H2,21,28)(H,25,30)(H,26,29)(H,27,31)(H,32,33)(H4,22,23,24). The number of hydrogen-bond acceptors (Lipinski definition) is 8. The molecule has 33 heavy (non-hydrogen) atoms. The minimum Gasteiger partial charge on any atom is -0.480 e. The van der Waals surface area contributed by atoms with Gasteiger partial charge >= 0.3 is 5.97 Å². The Morgan fingerprint density at radius 1 is 0.879 bits per heavy atom. The van der Waals surface area contributed by atoms with Crippen LogP contribution in [0, 0.1) is 0 Å². The summed E-state index contributed by atoms with van der Waals surface area (Å²) in [5.74, 6) is -4.55. The number of carboxylic acids is 1. The summed E-state index contributed by atoms with van der Waals surface area (Å²) in [6, 6.07) is -3.56. The summed E-state index contributed by atoms with van der Waals surface area (Å²) in [7, 11) is 0. The summed E-state index contributed by atoms with van der Waals surface area (Å²) in [6.45, 7) is 0.130. The van der Waals surface area contributed by atoms with Crippen LogP contribution in [0.4, 0.5) is 0 Å². The molecule has 0 aliphatic rings. The van der Waals surface area contributed by atoms with E-state index in [-0.39, 0.29) is 25.3 Å². The summed E-state index contributed by atoms with van der Waals surface area (Å²) in [6.07, 6.45) is 1.28. The van der Waals surface area contributed by atoms with Crippen molar-refractivity contribution >= 4 is 35.6 Å². The van der Waals surface area contributed by atoms with E-state index in [4.69, 9.17) is 28.7 Å². The fourth-order valence-electron chi connectivity index (χ4n) is 2.63. The SMILES string of the molecule is NCCCCC(NC(=O)C(CC(N)=O)NC(=O)CNC(=O)C(N)CCCN=C(N)N)C(=O)O. The predicted molar refractivity (Wildman–Crippen MR) is 119 cm³/mol. The highest BCUT2D eigenvalue weighted by Gasteiger charge is 2.27. The Morgan fingerprint density at radius 2 is 1.55 bits per heavy atom. The highest BCUT2D eigenvalue weighted by atomic mass is 16.4. The maximum atomic E-state index is 12.4. The quantitative estimate of drug-likeness (QED) is 0.0554. The smallest absolute Gasteiger partial charge is 0.326 e. The van der Waals surface area contributed by atoms with Gasteiger partial charge in [-0.25, -0.2) is 4.79 Å². The molecule has 0 spiro atoms. The van der Waals surface area contributed by atoms with Crippen LogP contribution < -0.4 is 44.6 Å². The van der Waals surface area contributed by atoms with Gasteiger partial charge in [0.15, 0.2) is 5.96 Å². The van der Waals surface area contributed by atoms with Crippen molar-refractivity contribution in [3.63, 3.8) is 0 Å². The number of carbonyl (C=O) groups is 5. The van der Waals surface area contributed by atoms with Crippen molar-refractivity contribution in [3.05, 3.63) is 0 Å². The molecule has 14 N–H and O–H groups in total. The molecule has 15 nitrogen and oxygen atoms in total. The molecule has 0 radical (unpaired) electrons. The van der Waals surface area contributed by atoms with Gasteiger partial charge in [-0.3, -0.25) is 24.2 Å². The average Bonchev–Trinajstić information content (AvgIpc) is 2.73. The van der Waals surface area contributed by atoms with Crippen molar-refractivity contribution in [1.82, 2.24) is 16.0 Å². The summed E-state index contributed by atoms with van der Waals surface area (Å²) in [5, 5.41) is 16.1. The zero-order valence-corrected chi connectivity index (χ0v) is 18.4. The zero-order valence-electron chi connectivity index (χ0n) is 18.4. The van der Waals surface area contributed by atoms with Crippen molar-refractivity contribution in [2.24, 2.45) is 33.7 Å². The van der Waals surface area contributed by atoms with Crippen LogP contribution in [0.25, 0.3) is 0 Å². The van der Waals surface area contributed by atoms with E-state index in [9.17, 15) is 29.1 Å². The molecular weight excluding hydrogens is 438 g/mol. The second-order valence-electron chi connectivity index (χ2n) is 7.25. The Hall–Kier alpha value is -3.46. The molecule has 0 rings (SSSR count). The summed E-state index contributed by atoms with van der Waals surface area (Å²) in [5.41, 5.74) is 26.6. The minimum absolute atomic E-state index is 0.0792. The van der Waals surface area contributed by atoms with Crippen LogP contribution in [-0.2, 0) is 24.0 Å². The second kappa shape index (κ2) is 16.2. The second-order valence-corrected chi connectivity index (χ2v) is 7.25. The van der Waals surface area contributed by atoms with E-state index in [1.165, 1.54) is 0 Å². The van der Waals surface area contributed by atoms with Crippen LogP contribution in [0.2, 0.25) is 0 Å². The van der Waals surface area contributed by atoms with E-state index in [0.717, 1.165) is 0 Å². The van der Waals surface area contributed by atoms with Gasteiger partial charge in [0.05, 0.1) is 19.0 Å². The Labute approximate surface area is 191 Å².